The monoisotopic (exact) mass is 525 g/mol. The number of ether oxygens (including phenoxy) is 5. The van der Waals surface area contributed by atoms with Crippen LogP contribution in [0.4, 0.5) is 0 Å². The van der Waals surface area contributed by atoms with Gasteiger partial charge in [0.1, 0.15) is 41.0 Å². The molecule has 0 saturated carbocycles. The van der Waals surface area contributed by atoms with Gasteiger partial charge in [0.2, 0.25) is 0 Å². The van der Waals surface area contributed by atoms with Crippen LogP contribution in [0.15, 0.2) is 103 Å². The molecule has 39 heavy (non-hydrogen) atoms. The zero-order chi connectivity index (χ0) is 26.9. The Kier molecular flexibility index (Phi) is 6.83. The number of methoxy groups -OCH3 is 2. The average Bonchev–Trinajstić information content (AvgIpc) is 3.48. The molecule has 4 atom stereocenters. The van der Waals surface area contributed by atoms with Crippen LogP contribution in [0.3, 0.4) is 0 Å². The Hall–Kier alpha value is -3.75. The van der Waals surface area contributed by atoms with Gasteiger partial charge in [0.25, 0.3) is 0 Å². The Balaban J connectivity index is 1.44. The molecule has 2 aliphatic heterocycles. The van der Waals surface area contributed by atoms with E-state index in [0.717, 1.165) is 33.9 Å². The number of fused-ring (bicyclic) bond motifs is 2. The van der Waals surface area contributed by atoms with Crippen molar-refractivity contribution in [1.82, 2.24) is 4.98 Å². The number of nitrogens with zero attached hydrogens (tertiary/aromatic N) is 1. The molecule has 0 amide bonds. The van der Waals surface area contributed by atoms with E-state index in [1.165, 1.54) is 0 Å². The number of hydrogen-bond donors (Lipinski definition) is 1. The maximum atomic E-state index is 11.4. The van der Waals surface area contributed by atoms with Crippen molar-refractivity contribution in [2.75, 3.05) is 27.4 Å². The van der Waals surface area contributed by atoms with Crippen LogP contribution in [0, 0.1) is 0 Å². The summed E-state index contributed by atoms with van der Waals surface area (Å²) < 4.78 is 30.5. The highest BCUT2D eigenvalue weighted by Crippen LogP contribution is 2.49. The molecule has 2 bridgehead atoms. The SMILES string of the molecule is COc1ccc(C(OC[C@@]23CO[C@@H]([C@H](c4ccccn4)O2)[C@@H]3O)(c2ccccc2)c2ccc(OC)cc2)cc1. The summed E-state index contributed by atoms with van der Waals surface area (Å²) in [4.78, 5) is 4.45. The van der Waals surface area contributed by atoms with E-state index in [-0.39, 0.29) is 13.2 Å². The molecule has 0 aliphatic carbocycles. The summed E-state index contributed by atoms with van der Waals surface area (Å²) >= 11 is 0. The number of rotatable bonds is 9. The number of hydrogen-bond acceptors (Lipinski definition) is 7. The van der Waals surface area contributed by atoms with Gasteiger partial charge in [-0.05, 0) is 53.1 Å². The molecule has 7 heteroatoms. The zero-order valence-corrected chi connectivity index (χ0v) is 21.9. The van der Waals surface area contributed by atoms with Gasteiger partial charge in [-0.2, -0.15) is 0 Å². The highest BCUT2D eigenvalue weighted by Gasteiger charge is 2.62. The van der Waals surface area contributed by atoms with Gasteiger partial charge in [0, 0.05) is 6.20 Å². The van der Waals surface area contributed by atoms with E-state index in [0.29, 0.717) is 0 Å². The van der Waals surface area contributed by atoms with Gasteiger partial charge in [-0.3, -0.25) is 4.98 Å². The third-order valence-electron chi connectivity index (χ3n) is 7.72. The predicted molar refractivity (Wildman–Crippen MR) is 145 cm³/mol. The molecule has 6 rings (SSSR count). The molecule has 2 aliphatic rings. The first-order chi connectivity index (χ1) is 19.1. The second kappa shape index (κ2) is 10.4. The molecule has 3 aromatic carbocycles. The standard InChI is InChI=1S/C32H31NO6/c1-35-25-15-11-23(12-16-25)32(22-8-4-3-5-9-22,24-13-17-26(36-2)18-14-24)38-21-31-20-37-29(30(31)34)28(39-31)27-10-6-7-19-33-27/h3-19,28-30,34H,20-21H2,1-2H3/t28-,29-,30-,31+/m0/s1. The maximum Gasteiger partial charge on any atom is 0.144 e. The Morgan fingerprint density at radius 2 is 1.41 bits per heavy atom. The molecular formula is C32H31NO6. The first-order valence-corrected chi connectivity index (χ1v) is 13.0. The first kappa shape index (κ1) is 25.5. The molecular weight excluding hydrogens is 494 g/mol. The predicted octanol–water partition coefficient (Wildman–Crippen LogP) is 4.68. The van der Waals surface area contributed by atoms with E-state index in [1.807, 2.05) is 97.1 Å². The lowest BCUT2D eigenvalue weighted by Gasteiger charge is -2.39. The number of pyridine rings is 1. The van der Waals surface area contributed by atoms with Gasteiger partial charge in [0.05, 0.1) is 33.1 Å². The molecule has 2 fully saturated rings. The highest BCUT2D eigenvalue weighted by molar-refractivity contribution is 5.49. The minimum absolute atomic E-state index is 0.0843. The van der Waals surface area contributed by atoms with Crippen LogP contribution in [-0.2, 0) is 19.8 Å². The lowest BCUT2D eigenvalue weighted by atomic mass is 9.79. The van der Waals surface area contributed by atoms with Crippen molar-refractivity contribution in [3.8, 4) is 11.5 Å². The van der Waals surface area contributed by atoms with Gasteiger partial charge >= 0.3 is 0 Å². The highest BCUT2D eigenvalue weighted by atomic mass is 16.7. The van der Waals surface area contributed by atoms with E-state index in [9.17, 15) is 5.11 Å². The summed E-state index contributed by atoms with van der Waals surface area (Å²) in [6.07, 6.45) is -0.151. The molecule has 0 spiro atoms. The van der Waals surface area contributed by atoms with Gasteiger partial charge in [-0.1, -0.05) is 60.7 Å². The second-order valence-corrected chi connectivity index (χ2v) is 9.87. The van der Waals surface area contributed by atoms with Gasteiger partial charge in [0.15, 0.2) is 0 Å². The Labute approximate surface area is 227 Å². The molecule has 1 aromatic heterocycles. The number of benzene rings is 3. The zero-order valence-electron chi connectivity index (χ0n) is 21.9. The van der Waals surface area contributed by atoms with Crippen molar-refractivity contribution in [2.45, 2.75) is 29.5 Å². The fourth-order valence-corrected chi connectivity index (χ4v) is 5.63. The maximum absolute atomic E-state index is 11.4. The van der Waals surface area contributed by atoms with Crippen molar-refractivity contribution in [1.29, 1.82) is 0 Å². The molecule has 0 unspecified atom stereocenters. The minimum atomic E-state index is -1.05. The van der Waals surface area contributed by atoms with E-state index in [4.69, 9.17) is 23.7 Å². The molecule has 0 radical (unpaired) electrons. The normalized spacial score (nSPS) is 24.0. The molecule has 3 heterocycles. The van der Waals surface area contributed by atoms with Crippen molar-refractivity contribution >= 4 is 0 Å². The van der Waals surface area contributed by atoms with Crippen LogP contribution in [0.1, 0.15) is 28.5 Å². The van der Waals surface area contributed by atoms with Crippen molar-refractivity contribution < 1.29 is 28.8 Å². The smallest absolute Gasteiger partial charge is 0.144 e. The van der Waals surface area contributed by atoms with Gasteiger partial charge < -0.3 is 28.8 Å². The second-order valence-electron chi connectivity index (χ2n) is 9.87. The Bertz CT molecular complexity index is 1330. The third kappa shape index (κ3) is 4.37. The van der Waals surface area contributed by atoms with E-state index >= 15 is 0 Å². The quantitative estimate of drug-likeness (QED) is 0.318. The number of aliphatic hydroxyl groups excluding tert-OH is 1. The fraction of sp³-hybridized carbons (Fsp3) is 0.281. The van der Waals surface area contributed by atoms with Crippen LogP contribution in [0.5, 0.6) is 11.5 Å². The summed E-state index contributed by atoms with van der Waals surface area (Å²) in [5.41, 5.74) is 1.38. The largest absolute Gasteiger partial charge is 0.497 e. The average molecular weight is 526 g/mol. The molecule has 1 N–H and O–H groups in total. The van der Waals surface area contributed by atoms with Gasteiger partial charge in [-0.15, -0.1) is 0 Å². The summed E-state index contributed by atoms with van der Waals surface area (Å²) in [5, 5.41) is 11.4. The minimum Gasteiger partial charge on any atom is -0.497 e. The van der Waals surface area contributed by atoms with E-state index in [2.05, 4.69) is 4.98 Å². The lowest BCUT2D eigenvalue weighted by Crippen LogP contribution is -2.48. The summed E-state index contributed by atoms with van der Waals surface area (Å²) in [6, 6.07) is 31.4. The summed E-state index contributed by atoms with van der Waals surface area (Å²) in [7, 11) is 3.29. The Morgan fingerprint density at radius 3 is 1.97 bits per heavy atom. The van der Waals surface area contributed by atoms with Crippen LogP contribution < -0.4 is 9.47 Å². The topological polar surface area (TPSA) is 79.3 Å². The molecule has 200 valence electrons. The first-order valence-electron chi connectivity index (χ1n) is 13.0. The number of aromatic nitrogens is 1. The van der Waals surface area contributed by atoms with Crippen LogP contribution in [0.2, 0.25) is 0 Å². The summed E-state index contributed by atoms with van der Waals surface area (Å²) in [5.74, 6) is 1.49. The molecule has 2 saturated heterocycles. The van der Waals surface area contributed by atoms with Crippen molar-refractivity contribution in [2.24, 2.45) is 0 Å². The lowest BCUT2D eigenvalue weighted by molar-refractivity contribution is -0.185. The van der Waals surface area contributed by atoms with E-state index < -0.39 is 29.5 Å². The van der Waals surface area contributed by atoms with Crippen LogP contribution in [0.25, 0.3) is 0 Å². The fourth-order valence-electron chi connectivity index (χ4n) is 5.63. The van der Waals surface area contributed by atoms with Crippen LogP contribution >= 0.6 is 0 Å². The number of aliphatic hydroxyl groups is 1. The Morgan fingerprint density at radius 1 is 0.821 bits per heavy atom. The third-order valence-corrected chi connectivity index (χ3v) is 7.72. The molecule has 7 nitrogen and oxygen atoms in total. The van der Waals surface area contributed by atoms with E-state index in [1.54, 1.807) is 20.4 Å². The molecule has 4 aromatic rings. The van der Waals surface area contributed by atoms with Gasteiger partial charge in [-0.25, -0.2) is 0 Å². The van der Waals surface area contributed by atoms with Crippen LogP contribution in [-0.4, -0.2) is 55.3 Å². The van der Waals surface area contributed by atoms with Crippen molar-refractivity contribution in [3.63, 3.8) is 0 Å². The van der Waals surface area contributed by atoms with Crippen molar-refractivity contribution in [3.05, 3.63) is 126 Å². The summed E-state index contributed by atoms with van der Waals surface area (Å²) in [6.45, 7) is 0.305.